The van der Waals surface area contributed by atoms with Crippen molar-refractivity contribution in [2.45, 2.75) is 51.5 Å². The smallest absolute Gasteiger partial charge is 0.315 e. The molecule has 0 bridgehead atoms. The normalized spacial score (nSPS) is 15.1. The molecule has 0 spiro atoms. The van der Waals surface area contributed by atoms with Crippen molar-refractivity contribution in [3.63, 3.8) is 0 Å². The summed E-state index contributed by atoms with van der Waals surface area (Å²) >= 11 is 0. The highest BCUT2D eigenvalue weighted by molar-refractivity contribution is 5.95. The molecule has 1 atom stereocenters. The molecule has 158 valence electrons. The average molecular weight is 406 g/mol. The van der Waals surface area contributed by atoms with Crippen molar-refractivity contribution in [3.05, 3.63) is 78.0 Å². The third-order valence-electron chi connectivity index (χ3n) is 6.02. The number of carbonyl (C=O) groups excluding carboxylic acids is 2. The van der Waals surface area contributed by atoms with Crippen LogP contribution in [0.1, 0.15) is 56.6 Å². The van der Waals surface area contributed by atoms with Gasteiger partial charge in [0.15, 0.2) is 0 Å². The van der Waals surface area contributed by atoms with Gasteiger partial charge in [0.05, 0.1) is 7.11 Å². The zero-order chi connectivity index (χ0) is 21.3. The van der Waals surface area contributed by atoms with Crippen LogP contribution in [-0.2, 0) is 14.3 Å². The monoisotopic (exact) mass is 405 g/mol. The first-order chi connectivity index (χ1) is 14.6. The topological polar surface area (TPSA) is 46.6 Å². The molecule has 0 aromatic heterocycles. The number of nitrogens with zero attached hydrogens (tertiary/aromatic N) is 1. The molecule has 1 aliphatic rings. The van der Waals surface area contributed by atoms with Crippen molar-refractivity contribution < 1.29 is 14.3 Å². The fraction of sp³-hybridized carbons (Fsp3) is 0.385. The summed E-state index contributed by atoms with van der Waals surface area (Å²) in [6, 6.07) is 20.2. The van der Waals surface area contributed by atoms with E-state index in [-0.39, 0.29) is 18.4 Å². The van der Waals surface area contributed by atoms with Crippen LogP contribution in [-0.4, -0.2) is 29.9 Å². The lowest BCUT2D eigenvalue weighted by Crippen LogP contribution is -2.41. The Morgan fingerprint density at radius 3 is 2.00 bits per heavy atom. The molecular formula is C26H31NO3. The number of hydrogen-bond acceptors (Lipinski definition) is 3. The predicted octanol–water partition coefficient (Wildman–Crippen LogP) is 5.44. The van der Waals surface area contributed by atoms with Gasteiger partial charge in [0.1, 0.15) is 6.42 Å². The number of rotatable bonds is 7. The van der Waals surface area contributed by atoms with Crippen molar-refractivity contribution in [3.8, 4) is 0 Å². The Balaban J connectivity index is 2.02. The first-order valence-corrected chi connectivity index (χ1v) is 10.8. The third-order valence-corrected chi connectivity index (χ3v) is 6.02. The number of ether oxygens (including phenoxy) is 1. The van der Waals surface area contributed by atoms with Gasteiger partial charge < -0.3 is 9.64 Å². The summed E-state index contributed by atoms with van der Waals surface area (Å²) in [7, 11) is 1.32. The molecule has 0 radical (unpaired) electrons. The minimum atomic E-state index is -0.504. The maximum Gasteiger partial charge on any atom is 0.315 e. The van der Waals surface area contributed by atoms with E-state index in [1.54, 1.807) is 4.90 Å². The first-order valence-electron chi connectivity index (χ1n) is 10.8. The minimum absolute atomic E-state index is 0.0184. The van der Waals surface area contributed by atoms with Crippen molar-refractivity contribution in [2.24, 2.45) is 5.92 Å². The van der Waals surface area contributed by atoms with E-state index in [0.29, 0.717) is 5.92 Å². The molecule has 1 amide bonds. The Kier molecular flexibility index (Phi) is 7.83. The fourth-order valence-electron chi connectivity index (χ4n) is 4.24. The lowest BCUT2D eigenvalue weighted by molar-refractivity contribution is -0.146. The van der Waals surface area contributed by atoms with Gasteiger partial charge in [-0.2, -0.15) is 0 Å². The van der Waals surface area contributed by atoms with Crippen LogP contribution in [0.3, 0.4) is 0 Å². The fourth-order valence-corrected chi connectivity index (χ4v) is 4.24. The van der Waals surface area contributed by atoms with E-state index in [9.17, 15) is 9.59 Å². The van der Waals surface area contributed by atoms with Crippen molar-refractivity contribution in [2.75, 3.05) is 7.11 Å². The highest BCUT2D eigenvalue weighted by Crippen LogP contribution is 2.31. The molecular weight excluding hydrogens is 374 g/mol. The first kappa shape index (κ1) is 21.8. The molecule has 3 rings (SSSR count). The van der Waals surface area contributed by atoms with Gasteiger partial charge in [0.25, 0.3) is 0 Å². The van der Waals surface area contributed by atoms with E-state index in [1.165, 1.54) is 26.4 Å². The zero-order valence-corrected chi connectivity index (χ0v) is 17.9. The van der Waals surface area contributed by atoms with E-state index in [4.69, 9.17) is 4.74 Å². The second-order valence-electron chi connectivity index (χ2n) is 7.97. The number of amides is 1. The molecule has 2 aromatic carbocycles. The Hall–Kier alpha value is -2.88. The summed E-state index contributed by atoms with van der Waals surface area (Å²) in [6.07, 6.45) is 7.57. The van der Waals surface area contributed by atoms with Crippen molar-refractivity contribution in [1.82, 2.24) is 4.90 Å². The zero-order valence-electron chi connectivity index (χ0n) is 17.9. The average Bonchev–Trinajstić information content (AvgIpc) is 2.81. The Morgan fingerprint density at radius 1 is 0.967 bits per heavy atom. The van der Waals surface area contributed by atoms with Crippen LogP contribution < -0.4 is 0 Å². The van der Waals surface area contributed by atoms with Crippen LogP contribution in [0.5, 0.6) is 0 Å². The lowest BCUT2D eigenvalue weighted by Gasteiger charge is -2.35. The van der Waals surface area contributed by atoms with Gasteiger partial charge in [-0.25, -0.2) is 0 Å². The molecule has 0 aliphatic heterocycles. The van der Waals surface area contributed by atoms with E-state index in [1.807, 2.05) is 66.9 Å². The molecule has 4 heteroatoms. The maximum absolute atomic E-state index is 13.2. The largest absolute Gasteiger partial charge is 0.469 e. The second kappa shape index (κ2) is 10.8. The van der Waals surface area contributed by atoms with E-state index in [2.05, 4.69) is 6.92 Å². The van der Waals surface area contributed by atoms with Gasteiger partial charge >= 0.3 is 5.97 Å². The molecule has 1 aliphatic carbocycles. The number of benzene rings is 2. The predicted molar refractivity (Wildman–Crippen MR) is 119 cm³/mol. The van der Waals surface area contributed by atoms with Crippen molar-refractivity contribution >= 4 is 17.4 Å². The quantitative estimate of drug-likeness (QED) is 0.455. The third kappa shape index (κ3) is 5.59. The van der Waals surface area contributed by atoms with Crippen LogP contribution in [0.4, 0.5) is 0 Å². The maximum atomic E-state index is 13.2. The van der Waals surface area contributed by atoms with E-state index in [0.717, 1.165) is 29.5 Å². The number of hydrogen-bond donors (Lipinski definition) is 0. The Bertz CT molecular complexity index is 813. The highest BCUT2D eigenvalue weighted by Gasteiger charge is 2.29. The molecule has 0 unspecified atom stereocenters. The molecule has 0 heterocycles. The molecule has 1 fully saturated rings. The summed E-state index contributed by atoms with van der Waals surface area (Å²) in [5.41, 5.74) is 3.04. The van der Waals surface area contributed by atoms with Gasteiger partial charge in [0.2, 0.25) is 5.91 Å². The number of methoxy groups -OCH3 is 1. The molecule has 1 saturated carbocycles. The number of carbonyl (C=O) groups is 2. The summed E-state index contributed by atoms with van der Waals surface area (Å²) in [6.45, 7) is 2.11. The summed E-state index contributed by atoms with van der Waals surface area (Å²) in [4.78, 5) is 26.8. The summed E-state index contributed by atoms with van der Waals surface area (Å²) in [5.74, 6) is -0.288. The molecule has 2 aromatic rings. The summed E-state index contributed by atoms with van der Waals surface area (Å²) in [5, 5.41) is 0. The van der Waals surface area contributed by atoms with Gasteiger partial charge in [-0.15, -0.1) is 0 Å². The Morgan fingerprint density at radius 2 is 1.50 bits per heavy atom. The van der Waals surface area contributed by atoms with Gasteiger partial charge in [-0.05, 0) is 36.8 Å². The van der Waals surface area contributed by atoms with Crippen LogP contribution >= 0.6 is 0 Å². The van der Waals surface area contributed by atoms with Gasteiger partial charge in [-0.3, -0.25) is 9.59 Å². The molecule has 30 heavy (non-hydrogen) atoms. The van der Waals surface area contributed by atoms with Gasteiger partial charge in [-0.1, -0.05) is 79.9 Å². The van der Waals surface area contributed by atoms with E-state index >= 15 is 0 Å². The van der Waals surface area contributed by atoms with Crippen LogP contribution in [0.2, 0.25) is 0 Å². The molecule has 0 saturated heterocycles. The summed E-state index contributed by atoms with van der Waals surface area (Å²) < 4.78 is 4.76. The van der Waals surface area contributed by atoms with Crippen LogP contribution in [0.15, 0.2) is 66.9 Å². The minimum Gasteiger partial charge on any atom is -0.469 e. The number of esters is 1. The SMILES string of the molecule is COC(=O)CC(=O)N(C=C(c1ccccc1)c1ccccc1)[C@H](C)C1CCCCC1. The van der Waals surface area contributed by atoms with Crippen molar-refractivity contribution in [1.29, 1.82) is 0 Å². The second-order valence-corrected chi connectivity index (χ2v) is 7.97. The standard InChI is InChI=1S/C26H31NO3/c1-20(21-12-6-3-7-13-21)27(25(28)18-26(29)30-2)19-24(22-14-8-4-9-15-22)23-16-10-5-11-17-23/h4-5,8-11,14-17,19-21H,3,6-7,12-13,18H2,1-2H3/t20-/m1/s1. The van der Waals surface area contributed by atoms with Gasteiger partial charge in [0, 0.05) is 17.8 Å². The van der Waals surface area contributed by atoms with E-state index < -0.39 is 5.97 Å². The highest BCUT2D eigenvalue weighted by atomic mass is 16.5. The molecule has 4 nitrogen and oxygen atoms in total. The molecule has 0 N–H and O–H groups in total. The van der Waals surface area contributed by atoms with Crippen LogP contribution in [0.25, 0.3) is 5.57 Å². The van der Waals surface area contributed by atoms with Crippen LogP contribution in [0, 0.1) is 5.92 Å². The lowest BCUT2D eigenvalue weighted by atomic mass is 9.83. The Labute approximate surface area is 179 Å².